The van der Waals surface area contributed by atoms with Gasteiger partial charge in [0.25, 0.3) is 0 Å². The van der Waals surface area contributed by atoms with Crippen molar-refractivity contribution in [2.45, 2.75) is 26.8 Å². The Kier molecular flexibility index (Phi) is 3.14. The number of fused-ring (bicyclic) bond motifs is 1. The third-order valence-electron chi connectivity index (χ3n) is 2.76. The van der Waals surface area contributed by atoms with Gasteiger partial charge in [-0.25, -0.2) is 4.79 Å². The highest BCUT2D eigenvalue weighted by molar-refractivity contribution is 5.96. The van der Waals surface area contributed by atoms with Crippen LogP contribution in [0.25, 0.3) is 11.1 Å². The van der Waals surface area contributed by atoms with E-state index in [0.717, 1.165) is 0 Å². The van der Waals surface area contributed by atoms with Crippen LogP contribution in [-0.4, -0.2) is 16.1 Å². The molecule has 0 atom stereocenters. The first-order valence-electron chi connectivity index (χ1n) is 5.63. The van der Waals surface area contributed by atoms with Gasteiger partial charge in [0.15, 0.2) is 11.4 Å². The lowest BCUT2D eigenvalue weighted by atomic mass is 10.1. The number of rotatable bonds is 4. The molecule has 0 fully saturated rings. The molecule has 0 aliphatic rings. The summed E-state index contributed by atoms with van der Waals surface area (Å²) in [5, 5.41) is 0. The number of benzene rings is 1. The van der Waals surface area contributed by atoms with Crippen LogP contribution in [0.1, 0.15) is 30.6 Å². The van der Waals surface area contributed by atoms with E-state index in [1.165, 1.54) is 18.4 Å². The van der Waals surface area contributed by atoms with Gasteiger partial charge in [-0.3, -0.25) is 14.2 Å². The Hall–Kier alpha value is -2.17. The smallest absolute Gasteiger partial charge is 0.408 e. The number of Topliss-reactive ketones (excluding diaryl/α,β-unsaturated/α-hetero) is 2. The zero-order valence-corrected chi connectivity index (χ0v) is 10.2. The van der Waals surface area contributed by atoms with E-state index < -0.39 is 5.76 Å². The molecule has 0 unspecified atom stereocenters. The van der Waals surface area contributed by atoms with E-state index in [1.807, 2.05) is 0 Å². The third kappa shape index (κ3) is 2.25. The van der Waals surface area contributed by atoms with Crippen LogP contribution in [0.2, 0.25) is 0 Å². The molecule has 0 spiro atoms. The second-order valence-corrected chi connectivity index (χ2v) is 4.21. The molecule has 1 aromatic heterocycles. The van der Waals surface area contributed by atoms with E-state index in [-0.39, 0.29) is 18.0 Å². The van der Waals surface area contributed by atoms with Crippen LogP contribution < -0.4 is 5.76 Å². The van der Waals surface area contributed by atoms with Gasteiger partial charge in [0.2, 0.25) is 0 Å². The summed E-state index contributed by atoms with van der Waals surface area (Å²) in [5.74, 6) is -0.584. The molecule has 94 valence electrons. The molecule has 0 saturated carbocycles. The van der Waals surface area contributed by atoms with Crippen LogP contribution in [0.3, 0.4) is 0 Å². The maximum atomic E-state index is 11.6. The molecule has 0 saturated heterocycles. The molecule has 5 heteroatoms. The molecule has 0 N–H and O–H groups in total. The second kappa shape index (κ2) is 4.60. The van der Waals surface area contributed by atoms with Gasteiger partial charge in [0, 0.05) is 18.5 Å². The first-order valence-corrected chi connectivity index (χ1v) is 5.63. The molecule has 0 radical (unpaired) electrons. The highest BCUT2D eigenvalue weighted by Gasteiger charge is 2.11. The zero-order valence-electron chi connectivity index (χ0n) is 10.2. The van der Waals surface area contributed by atoms with Gasteiger partial charge in [-0.15, -0.1) is 0 Å². The normalized spacial score (nSPS) is 10.8. The molecule has 0 amide bonds. The molecule has 1 heterocycles. The number of oxazole rings is 1. The van der Waals surface area contributed by atoms with E-state index in [9.17, 15) is 14.4 Å². The highest BCUT2D eigenvalue weighted by atomic mass is 16.4. The number of nitrogens with zero attached hydrogens (tertiary/aromatic N) is 1. The van der Waals surface area contributed by atoms with Crippen molar-refractivity contribution in [1.29, 1.82) is 0 Å². The van der Waals surface area contributed by atoms with Crippen molar-refractivity contribution in [3.63, 3.8) is 0 Å². The summed E-state index contributed by atoms with van der Waals surface area (Å²) < 4.78 is 6.47. The number of hydrogen-bond donors (Lipinski definition) is 0. The molecular weight excluding hydrogens is 234 g/mol. The molecule has 5 nitrogen and oxygen atoms in total. The summed E-state index contributed by atoms with van der Waals surface area (Å²) in [4.78, 5) is 33.8. The number of hydrogen-bond acceptors (Lipinski definition) is 4. The fourth-order valence-corrected chi connectivity index (χ4v) is 1.77. The minimum absolute atomic E-state index is 0.0107. The Morgan fingerprint density at radius 1 is 1.28 bits per heavy atom. The summed E-state index contributed by atoms with van der Waals surface area (Å²) in [6.45, 7) is 3.22. The summed E-state index contributed by atoms with van der Waals surface area (Å²) in [6.07, 6.45) is 0.281. The molecule has 1 aromatic carbocycles. The van der Waals surface area contributed by atoms with E-state index in [1.54, 1.807) is 18.2 Å². The zero-order chi connectivity index (χ0) is 13.3. The van der Waals surface area contributed by atoms with Crippen molar-refractivity contribution in [1.82, 2.24) is 4.57 Å². The lowest BCUT2D eigenvalue weighted by Gasteiger charge is -2.00. The number of carbonyl (C=O) groups is 2. The Balaban J connectivity index is 2.49. The van der Waals surface area contributed by atoms with E-state index in [4.69, 9.17) is 4.42 Å². The van der Waals surface area contributed by atoms with Gasteiger partial charge < -0.3 is 4.42 Å². The molecule has 0 bridgehead atoms. The molecular formula is C13H13NO4. The topological polar surface area (TPSA) is 69.3 Å². The van der Waals surface area contributed by atoms with Gasteiger partial charge >= 0.3 is 5.76 Å². The van der Waals surface area contributed by atoms with Crippen LogP contribution in [0.4, 0.5) is 0 Å². The van der Waals surface area contributed by atoms with Crippen LogP contribution in [-0.2, 0) is 11.3 Å². The number of ketones is 2. The van der Waals surface area contributed by atoms with Crippen LogP contribution in [0.5, 0.6) is 0 Å². The number of carbonyl (C=O) groups excluding carboxylic acids is 2. The fraction of sp³-hybridized carbons (Fsp3) is 0.308. The van der Waals surface area contributed by atoms with E-state index in [0.29, 0.717) is 23.2 Å². The number of aryl methyl sites for hydroxylation is 1. The Bertz CT molecular complexity index is 678. The largest absolute Gasteiger partial charge is 0.419 e. The summed E-state index contributed by atoms with van der Waals surface area (Å²) >= 11 is 0. The Morgan fingerprint density at radius 2 is 2.00 bits per heavy atom. The van der Waals surface area contributed by atoms with Gasteiger partial charge in [0.05, 0.1) is 5.52 Å². The van der Waals surface area contributed by atoms with Crippen molar-refractivity contribution in [2.75, 3.05) is 0 Å². The minimum atomic E-state index is -0.507. The molecule has 18 heavy (non-hydrogen) atoms. The Morgan fingerprint density at radius 3 is 2.61 bits per heavy atom. The molecule has 2 aromatic rings. The summed E-state index contributed by atoms with van der Waals surface area (Å²) in [5.41, 5.74) is 1.47. The van der Waals surface area contributed by atoms with E-state index in [2.05, 4.69) is 0 Å². The van der Waals surface area contributed by atoms with Gasteiger partial charge in [-0.05, 0) is 32.0 Å². The van der Waals surface area contributed by atoms with Crippen LogP contribution >= 0.6 is 0 Å². The highest BCUT2D eigenvalue weighted by Crippen LogP contribution is 2.15. The first-order chi connectivity index (χ1) is 8.49. The van der Waals surface area contributed by atoms with Crippen molar-refractivity contribution in [3.8, 4) is 0 Å². The predicted octanol–water partition coefficient (Wildman–Crippen LogP) is 1.78. The third-order valence-corrected chi connectivity index (χ3v) is 2.76. The SMILES string of the molecule is CC(=O)CCn1c(=O)oc2cc(C(C)=O)ccc21. The summed E-state index contributed by atoms with van der Waals surface area (Å²) in [7, 11) is 0. The van der Waals surface area contributed by atoms with Crippen molar-refractivity contribution < 1.29 is 14.0 Å². The van der Waals surface area contributed by atoms with Crippen LogP contribution in [0.15, 0.2) is 27.4 Å². The molecule has 0 aliphatic heterocycles. The van der Waals surface area contributed by atoms with Gasteiger partial charge in [0.1, 0.15) is 5.78 Å². The summed E-state index contributed by atoms with van der Waals surface area (Å²) in [6, 6.07) is 4.85. The fourth-order valence-electron chi connectivity index (χ4n) is 1.77. The van der Waals surface area contributed by atoms with Crippen molar-refractivity contribution >= 4 is 22.7 Å². The lowest BCUT2D eigenvalue weighted by molar-refractivity contribution is -0.117. The molecule has 0 aliphatic carbocycles. The first kappa shape index (κ1) is 12.3. The quantitative estimate of drug-likeness (QED) is 0.772. The monoisotopic (exact) mass is 247 g/mol. The van der Waals surface area contributed by atoms with Gasteiger partial charge in [-0.1, -0.05) is 0 Å². The van der Waals surface area contributed by atoms with E-state index >= 15 is 0 Å². The van der Waals surface area contributed by atoms with Crippen LogP contribution in [0, 0.1) is 0 Å². The average Bonchev–Trinajstić information content (AvgIpc) is 2.60. The average molecular weight is 247 g/mol. The molecule has 2 rings (SSSR count). The maximum absolute atomic E-state index is 11.6. The number of aromatic nitrogens is 1. The maximum Gasteiger partial charge on any atom is 0.419 e. The van der Waals surface area contributed by atoms with Crippen molar-refractivity contribution in [3.05, 3.63) is 34.3 Å². The minimum Gasteiger partial charge on any atom is -0.408 e. The standard InChI is InChI=1S/C13H13NO4/c1-8(15)5-6-14-11-4-3-10(9(2)16)7-12(11)18-13(14)17/h3-4,7H,5-6H2,1-2H3. The van der Waals surface area contributed by atoms with Gasteiger partial charge in [-0.2, -0.15) is 0 Å². The Labute approximate surface area is 103 Å². The lowest BCUT2D eigenvalue weighted by Crippen LogP contribution is -2.15. The second-order valence-electron chi connectivity index (χ2n) is 4.21. The van der Waals surface area contributed by atoms with Crippen molar-refractivity contribution in [2.24, 2.45) is 0 Å². The predicted molar refractivity (Wildman–Crippen MR) is 65.8 cm³/mol.